The molecule has 1 fully saturated rings. The third kappa shape index (κ3) is 4.27. The Labute approximate surface area is 129 Å². The second-order valence-corrected chi connectivity index (χ2v) is 6.64. The zero-order valence-electron chi connectivity index (χ0n) is 11.7. The van der Waals surface area contributed by atoms with E-state index in [9.17, 15) is 8.42 Å². The summed E-state index contributed by atoms with van der Waals surface area (Å²) < 4.78 is 36.6. The minimum atomic E-state index is -3.62. The number of halogens is 1. The van der Waals surface area contributed by atoms with Crippen molar-refractivity contribution in [1.29, 1.82) is 0 Å². The normalized spacial score (nSPS) is 16.2. The zero-order valence-corrected chi connectivity index (χ0v) is 13.3. The number of nitrogens with zero attached hydrogens (tertiary/aromatic N) is 2. The van der Waals surface area contributed by atoms with Crippen LogP contribution in [0.4, 0.5) is 5.82 Å². The average molecular weight is 336 g/mol. The van der Waals surface area contributed by atoms with Crippen LogP contribution in [0.25, 0.3) is 0 Å². The minimum absolute atomic E-state index is 0.0422. The standard InChI is InChI=1S/C12H18ClN3O4S/c1-19-5-2-15-21(17,18)10-8-11(13)12(14-9-10)16-3-6-20-7-4-16/h8-9,15H,2-7H2,1H3. The van der Waals surface area contributed by atoms with Crippen LogP contribution in [-0.2, 0) is 19.5 Å². The molecule has 2 heterocycles. The highest BCUT2D eigenvalue weighted by molar-refractivity contribution is 7.89. The maximum absolute atomic E-state index is 12.0. The van der Waals surface area contributed by atoms with Gasteiger partial charge in [-0.15, -0.1) is 0 Å². The Morgan fingerprint density at radius 2 is 2.19 bits per heavy atom. The fourth-order valence-electron chi connectivity index (χ4n) is 1.93. The molecule has 1 aliphatic heterocycles. The van der Waals surface area contributed by atoms with Gasteiger partial charge in [-0.1, -0.05) is 11.6 Å². The SMILES string of the molecule is COCCNS(=O)(=O)c1cnc(N2CCOCC2)c(Cl)c1. The van der Waals surface area contributed by atoms with Crippen LogP contribution in [0.1, 0.15) is 0 Å². The van der Waals surface area contributed by atoms with Crippen molar-refractivity contribution in [2.24, 2.45) is 0 Å². The molecule has 0 aromatic carbocycles. The first-order valence-corrected chi connectivity index (χ1v) is 8.37. The van der Waals surface area contributed by atoms with Gasteiger partial charge in [-0.25, -0.2) is 18.1 Å². The fourth-order valence-corrected chi connectivity index (χ4v) is 3.26. The molecule has 0 saturated carbocycles. The summed E-state index contributed by atoms with van der Waals surface area (Å²) in [4.78, 5) is 6.20. The van der Waals surface area contributed by atoms with Gasteiger partial charge in [0.25, 0.3) is 0 Å². The van der Waals surface area contributed by atoms with E-state index in [1.165, 1.54) is 19.4 Å². The van der Waals surface area contributed by atoms with Gasteiger partial charge in [-0.3, -0.25) is 0 Å². The molecule has 0 bridgehead atoms. The number of hydrogen-bond donors (Lipinski definition) is 1. The fraction of sp³-hybridized carbons (Fsp3) is 0.583. The molecule has 0 spiro atoms. The van der Waals surface area contributed by atoms with E-state index in [1.54, 1.807) is 0 Å². The van der Waals surface area contributed by atoms with Crippen LogP contribution < -0.4 is 9.62 Å². The lowest BCUT2D eigenvalue weighted by molar-refractivity contribution is 0.122. The largest absolute Gasteiger partial charge is 0.383 e. The second-order valence-electron chi connectivity index (χ2n) is 4.47. The summed E-state index contributed by atoms with van der Waals surface area (Å²) in [6.07, 6.45) is 1.31. The Hall–Kier alpha value is -0.930. The van der Waals surface area contributed by atoms with Crippen molar-refractivity contribution < 1.29 is 17.9 Å². The number of methoxy groups -OCH3 is 1. The Kier molecular flexibility index (Phi) is 5.77. The van der Waals surface area contributed by atoms with Crippen molar-refractivity contribution >= 4 is 27.4 Å². The van der Waals surface area contributed by atoms with Crippen LogP contribution >= 0.6 is 11.6 Å². The topological polar surface area (TPSA) is 80.8 Å². The molecule has 0 amide bonds. The van der Waals surface area contributed by atoms with Gasteiger partial charge in [0.05, 0.1) is 24.8 Å². The molecule has 2 rings (SSSR count). The van der Waals surface area contributed by atoms with Crippen LogP contribution in [0.3, 0.4) is 0 Å². The van der Waals surface area contributed by atoms with E-state index in [0.29, 0.717) is 43.8 Å². The molecule has 118 valence electrons. The molecule has 0 atom stereocenters. The average Bonchev–Trinajstić information content (AvgIpc) is 2.48. The summed E-state index contributed by atoms with van der Waals surface area (Å²) in [5.41, 5.74) is 0. The summed E-state index contributed by atoms with van der Waals surface area (Å²) >= 11 is 6.17. The molecule has 7 nitrogen and oxygen atoms in total. The number of sulfonamides is 1. The van der Waals surface area contributed by atoms with Crippen molar-refractivity contribution in [3.63, 3.8) is 0 Å². The van der Waals surface area contributed by atoms with E-state index in [0.717, 1.165) is 0 Å². The number of aromatic nitrogens is 1. The van der Waals surface area contributed by atoms with E-state index in [1.807, 2.05) is 4.90 Å². The van der Waals surface area contributed by atoms with E-state index in [4.69, 9.17) is 21.1 Å². The van der Waals surface area contributed by atoms with Gasteiger partial charge < -0.3 is 14.4 Å². The predicted octanol–water partition coefficient (Wildman–Crippen LogP) is 0.496. The lowest BCUT2D eigenvalue weighted by Crippen LogP contribution is -2.37. The van der Waals surface area contributed by atoms with Gasteiger partial charge in [0.1, 0.15) is 10.7 Å². The molecule has 9 heteroatoms. The molecule has 1 saturated heterocycles. The van der Waals surface area contributed by atoms with Crippen LogP contribution in [-0.4, -0.2) is 60.0 Å². The van der Waals surface area contributed by atoms with E-state index < -0.39 is 10.0 Å². The molecule has 1 aromatic rings. The van der Waals surface area contributed by atoms with Crippen LogP contribution in [0.15, 0.2) is 17.2 Å². The number of anilines is 1. The van der Waals surface area contributed by atoms with Crippen molar-refractivity contribution in [3.05, 3.63) is 17.3 Å². The molecule has 0 aliphatic carbocycles. The van der Waals surface area contributed by atoms with Crippen molar-refractivity contribution in [1.82, 2.24) is 9.71 Å². The predicted molar refractivity (Wildman–Crippen MR) is 79.3 cm³/mol. The monoisotopic (exact) mass is 335 g/mol. The van der Waals surface area contributed by atoms with E-state index in [-0.39, 0.29) is 11.4 Å². The third-order valence-corrected chi connectivity index (χ3v) is 4.72. The lowest BCUT2D eigenvalue weighted by atomic mass is 10.3. The van der Waals surface area contributed by atoms with Gasteiger partial charge in [-0.05, 0) is 6.07 Å². The molecule has 1 aromatic heterocycles. The maximum atomic E-state index is 12.0. The molecular weight excluding hydrogens is 318 g/mol. The number of rotatable bonds is 6. The number of pyridine rings is 1. The van der Waals surface area contributed by atoms with Gasteiger partial charge in [-0.2, -0.15) is 0 Å². The second kappa shape index (κ2) is 7.37. The molecular formula is C12H18ClN3O4S. The summed E-state index contributed by atoms with van der Waals surface area (Å²) in [5.74, 6) is 0.579. The van der Waals surface area contributed by atoms with Gasteiger partial charge >= 0.3 is 0 Å². The Morgan fingerprint density at radius 3 is 2.81 bits per heavy atom. The van der Waals surface area contributed by atoms with Crippen molar-refractivity contribution in [2.45, 2.75) is 4.90 Å². The zero-order chi connectivity index (χ0) is 15.3. The van der Waals surface area contributed by atoms with Crippen LogP contribution in [0.5, 0.6) is 0 Å². The van der Waals surface area contributed by atoms with Gasteiger partial charge in [0, 0.05) is 32.9 Å². The minimum Gasteiger partial charge on any atom is -0.383 e. The summed E-state index contributed by atoms with van der Waals surface area (Å²) in [6, 6.07) is 1.41. The molecule has 1 aliphatic rings. The highest BCUT2D eigenvalue weighted by atomic mass is 35.5. The number of morpholine rings is 1. The number of hydrogen-bond acceptors (Lipinski definition) is 6. The van der Waals surface area contributed by atoms with Gasteiger partial charge in [0.15, 0.2) is 0 Å². The van der Waals surface area contributed by atoms with Crippen LogP contribution in [0, 0.1) is 0 Å². The Morgan fingerprint density at radius 1 is 1.48 bits per heavy atom. The highest BCUT2D eigenvalue weighted by Crippen LogP contribution is 2.26. The van der Waals surface area contributed by atoms with Crippen molar-refractivity contribution in [3.8, 4) is 0 Å². The summed E-state index contributed by atoms with van der Waals surface area (Å²) in [7, 11) is -2.12. The first-order valence-electron chi connectivity index (χ1n) is 6.51. The first kappa shape index (κ1) is 16.4. The van der Waals surface area contributed by atoms with Gasteiger partial charge in [0.2, 0.25) is 10.0 Å². The quantitative estimate of drug-likeness (QED) is 0.762. The molecule has 0 radical (unpaired) electrons. The Bertz CT molecular complexity index is 576. The van der Waals surface area contributed by atoms with E-state index >= 15 is 0 Å². The van der Waals surface area contributed by atoms with Crippen molar-refractivity contribution in [2.75, 3.05) is 51.5 Å². The highest BCUT2D eigenvalue weighted by Gasteiger charge is 2.20. The first-order chi connectivity index (χ1) is 10.0. The molecule has 21 heavy (non-hydrogen) atoms. The number of nitrogens with one attached hydrogen (secondary N) is 1. The maximum Gasteiger partial charge on any atom is 0.242 e. The summed E-state index contributed by atoms with van der Waals surface area (Å²) in [5, 5.41) is 0.312. The molecule has 0 unspecified atom stereocenters. The lowest BCUT2D eigenvalue weighted by Gasteiger charge is -2.28. The Balaban J connectivity index is 2.14. The number of ether oxygens (including phenoxy) is 2. The summed E-state index contributed by atoms with van der Waals surface area (Å²) in [6.45, 7) is 3.08. The van der Waals surface area contributed by atoms with Crippen LogP contribution in [0.2, 0.25) is 5.02 Å². The third-order valence-electron chi connectivity index (χ3n) is 3.02. The van der Waals surface area contributed by atoms with E-state index in [2.05, 4.69) is 9.71 Å². The molecule has 1 N–H and O–H groups in total. The smallest absolute Gasteiger partial charge is 0.242 e.